The molecule has 0 bridgehead atoms. The Morgan fingerprint density at radius 2 is 1.71 bits per heavy atom. The molecule has 2 heteroatoms. The molecular weight excluding hydrogens is 256 g/mol. The van der Waals surface area contributed by atoms with Gasteiger partial charge in [0.2, 0.25) is 0 Å². The van der Waals surface area contributed by atoms with Gasteiger partial charge in [-0.05, 0) is 55.2 Å². The Labute approximate surface area is 127 Å². The highest BCUT2D eigenvalue weighted by Gasteiger charge is 2.05. The van der Waals surface area contributed by atoms with E-state index in [1.807, 2.05) is 24.3 Å². The van der Waals surface area contributed by atoms with Crippen LogP contribution in [0, 0.1) is 11.3 Å². The Balaban J connectivity index is 1.98. The Morgan fingerprint density at radius 3 is 2.29 bits per heavy atom. The van der Waals surface area contributed by atoms with E-state index in [0.717, 1.165) is 12.1 Å². The van der Waals surface area contributed by atoms with Crippen molar-refractivity contribution >= 4 is 5.69 Å². The largest absolute Gasteiger partial charge is 0.379 e. The topological polar surface area (TPSA) is 35.8 Å². The first-order chi connectivity index (χ1) is 10.2. The third kappa shape index (κ3) is 4.36. The van der Waals surface area contributed by atoms with Crippen LogP contribution in [0.15, 0.2) is 48.5 Å². The number of unbranched alkanes of at least 4 members (excludes halogenated alkanes) is 1. The molecule has 21 heavy (non-hydrogen) atoms. The molecule has 2 aromatic rings. The number of hydrogen-bond acceptors (Lipinski definition) is 2. The first-order valence-electron chi connectivity index (χ1n) is 7.58. The van der Waals surface area contributed by atoms with Gasteiger partial charge in [0.15, 0.2) is 0 Å². The molecule has 0 aliphatic carbocycles. The van der Waals surface area contributed by atoms with Crippen molar-refractivity contribution in [2.75, 3.05) is 5.32 Å². The van der Waals surface area contributed by atoms with Crippen molar-refractivity contribution < 1.29 is 0 Å². The smallest absolute Gasteiger partial charge is 0.0991 e. The normalized spacial score (nSPS) is 11.7. The number of anilines is 1. The van der Waals surface area contributed by atoms with Crippen LogP contribution in [0.25, 0.3) is 0 Å². The molecule has 0 fully saturated rings. The van der Waals surface area contributed by atoms with Crippen LogP contribution in [0.5, 0.6) is 0 Å². The highest BCUT2D eigenvalue weighted by molar-refractivity contribution is 5.47. The van der Waals surface area contributed by atoms with Gasteiger partial charge in [-0.25, -0.2) is 0 Å². The van der Waals surface area contributed by atoms with E-state index in [9.17, 15) is 0 Å². The number of nitrogens with one attached hydrogen (secondary N) is 1. The maximum Gasteiger partial charge on any atom is 0.0991 e. The van der Waals surface area contributed by atoms with Gasteiger partial charge in [-0.3, -0.25) is 0 Å². The Kier molecular flexibility index (Phi) is 5.40. The number of aryl methyl sites for hydroxylation is 1. The van der Waals surface area contributed by atoms with E-state index in [-0.39, 0.29) is 6.04 Å². The fraction of sp³-hybridized carbons (Fsp3) is 0.316. The zero-order valence-corrected chi connectivity index (χ0v) is 12.8. The van der Waals surface area contributed by atoms with E-state index >= 15 is 0 Å². The van der Waals surface area contributed by atoms with Crippen molar-refractivity contribution in [2.24, 2.45) is 0 Å². The summed E-state index contributed by atoms with van der Waals surface area (Å²) in [5.41, 5.74) is 4.41. The number of nitrogens with zero attached hydrogens (tertiary/aromatic N) is 1. The monoisotopic (exact) mass is 278 g/mol. The summed E-state index contributed by atoms with van der Waals surface area (Å²) in [5, 5.41) is 12.3. The predicted molar refractivity (Wildman–Crippen MR) is 88.2 cm³/mol. The Bertz CT molecular complexity index is 591. The number of hydrogen-bond donors (Lipinski definition) is 1. The third-order valence-electron chi connectivity index (χ3n) is 3.70. The number of benzene rings is 2. The van der Waals surface area contributed by atoms with Crippen LogP contribution >= 0.6 is 0 Å². The van der Waals surface area contributed by atoms with Crippen LogP contribution in [0.2, 0.25) is 0 Å². The molecule has 1 N–H and O–H groups in total. The van der Waals surface area contributed by atoms with Crippen LogP contribution in [0.3, 0.4) is 0 Å². The molecule has 0 aliphatic rings. The van der Waals surface area contributed by atoms with Crippen LogP contribution < -0.4 is 5.32 Å². The predicted octanol–water partition coefficient (Wildman–Crippen LogP) is 5.07. The summed E-state index contributed by atoms with van der Waals surface area (Å²) >= 11 is 0. The molecule has 2 aromatic carbocycles. The maximum absolute atomic E-state index is 8.82. The molecule has 1 atom stereocenters. The van der Waals surface area contributed by atoms with Crippen molar-refractivity contribution in [1.29, 1.82) is 5.26 Å². The number of nitriles is 1. The van der Waals surface area contributed by atoms with Gasteiger partial charge in [-0.2, -0.15) is 5.26 Å². The molecule has 1 unspecified atom stereocenters. The first-order valence-corrected chi connectivity index (χ1v) is 7.58. The van der Waals surface area contributed by atoms with Gasteiger partial charge >= 0.3 is 0 Å². The molecule has 0 amide bonds. The summed E-state index contributed by atoms with van der Waals surface area (Å²) in [5.74, 6) is 0. The maximum atomic E-state index is 8.82. The van der Waals surface area contributed by atoms with E-state index in [0.29, 0.717) is 5.56 Å². The first kappa shape index (κ1) is 15.1. The second-order valence-corrected chi connectivity index (χ2v) is 5.40. The molecular formula is C19H22N2. The second-order valence-electron chi connectivity index (χ2n) is 5.40. The van der Waals surface area contributed by atoms with Crippen molar-refractivity contribution in [3.8, 4) is 6.07 Å². The molecule has 0 aromatic heterocycles. The van der Waals surface area contributed by atoms with Crippen LogP contribution in [-0.2, 0) is 6.42 Å². The van der Waals surface area contributed by atoms with E-state index in [4.69, 9.17) is 5.26 Å². The lowest BCUT2D eigenvalue weighted by Crippen LogP contribution is -2.06. The molecule has 0 radical (unpaired) electrons. The highest BCUT2D eigenvalue weighted by atomic mass is 14.9. The molecule has 2 nitrogen and oxygen atoms in total. The average Bonchev–Trinajstić information content (AvgIpc) is 2.54. The van der Waals surface area contributed by atoms with Crippen LogP contribution in [0.1, 0.15) is 49.4 Å². The molecule has 0 heterocycles. The van der Waals surface area contributed by atoms with Gasteiger partial charge < -0.3 is 5.32 Å². The van der Waals surface area contributed by atoms with Crippen molar-refractivity contribution in [3.63, 3.8) is 0 Å². The summed E-state index contributed by atoms with van der Waals surface area (Å²) in [6.07, 6.45) is 3.63. The van der Waals surface area contributed by atoms with Gasteiger partial charge in [0.1, 0.15) is 0 Å². The quantitative estimate of drug-likeness (QED) is 0.800. The minimum Gasteiger partial charge on any atom is -0.379 e. The SMILES string of the molecule is CCCCc1ccc(NC(C)c2ccc(C#N)cc2)cc1. The second kappa shape index (κ2) is 7.50. The van der Waals surface area contributed by atoms with Crippen molar-refractivity contribution in [1.82, 2.24) is 0 Å². The summed E-state index contributed by atoms with van der Waals surface area (Å²) in [6, 6.07) is 18.8. The standard InChI is InChI=1S/C19H22N2/c1-3-4-5-16-8-12-19(13-9-16)21-15(2)18-10-6-17(14-20)7-11-18/h6-13,15,21H,3-5H2,1-2H3. The molecule has 2 rings (SSSR count). The molecule has 0 spiro atoms. The van der Waals surface area contributed by atoms with Gasteiger partial charge in [-0.15, -0.1) is 0 Å². The summed E-state index contributed by atoms with van der Waals surface area (Å²) in [6.45, 7) is 4.35. The summed E-state index contributed by atoms with van der Waals surface area (Å²) in [4.78, 5) is 0. The van der Waals surface area contributed by atoms with Crippen LogP contribution in [0.4, 0.5) is 5.69 Å². The van der Waals surface area contributed by atoms with E-state index in [2.05, 4.69) is 49.5 Å². The molecule has 0 saturated heterocycles. The average molecular weight is 278 g/mol. The van der Waals surface area contributed by atoms with E-state index in [1.54, 1.807) is 0 Å². The minimum absolute atomic E-state index is 0.222. The van der Waals surface area contributed by atoms with Crippen molar-refractivity contribution in [2.45, 2.75) is 39.2 Å². The fourth-order valence-electron chi connectivity index (χ4n) is 2.33. The zero-order chi connectivity index (χ0) is 15.1. The van der Waals surface area contributed by atoms with E-state index in [1.165, 1.54) is 24.0 Å². The molecule has 0 saturated carbocycles. The lowest BCUT2D eigenvalue weighted by Gasteiger charge is -2.16. The summed E-state index contributed by atoms with van der Waals surface area (Å²) in [7, 11) is 0. The Hall–Kier alpha value is -2.27. The highest BCUT2D eigenvalue weighted by Crippen LogP contribution is 2.20. The molecule has 0 aliphatic heterocycles. The van der Waals surface area contributed by atoms with Gasteiger partial charge in [0.05, 0.1) is 11.6 Å². The minimum atomic E-state index is 0.222. The number of rotatable bonds is 6. The van der Waals surface area contributed by atoms with Crippen LogP contribution in [-0.4, -0.2) is 0 Å². The zero-order valence-electron chi connectivity index (χ0n) is 12.8. The van der Waals surface area contributed by atoms with E-state index < -0.39 is 0 Å². The van der Waals surface area contributed by atoms with Gasteiger partial charge in [0.25, 0.3) is 0 Å². The third-order valence-corrected chi connectivity index (χ3v) is 3.70. The lowest BCUT2D eigenvalue weighted by molar-refractivity contribution is 0.795. The summed E-state index contributed by atoms with van der Waals surface area (Å²) < 4.78 is 0. The lowest BCUT2D eigenvalue weighted by atomic mass is 10.1. The molecule has 108 valence electrons. The fourth-order valence-corrected chi connectivity index (χ4v) is 2.33. The van der Waals surface area contributed by atoms with Gasteiger partial charge in [-0.1, -0.05) is 37.6 Å². The Morgan fingerprint density at radius 1 is 1.05 bits per heavy atom. The van der Waals surface area contributed by atoms with Crippen molar-refractivity contribution in [3.05, 3.63) is 65.2 Å². The van der Waals surface area contributed by atoms with Gasteiger partial charge in [0, 0.05) is 11.7 Å².